The summed E-state index contributed by atoms with van der Waals surface area (Å²) < 4.78 is 30.6. The summed E-state index contributed by atoms with van der Waals surface area (Å²) in [6.07, 6.45) is 4.80. The monoisotopic (exact) mass is 909 g/mol. The molecule has 0 aliphatic carbocycles. The molecule has 16 heteroatoms. The van der Waals surface area contributed by atoms with Gasteiger partial charge in [-0.15, -0.1) is 0 Å². The van der Waals surface area contributed by atoms with E-state index in [1.165, 1.54) is 12.0 Å². The van der Waals surface area contributed by atoms with Crippen LogP contribution in [0.3, 0.4) is 0 Å². The average Bonchev–Trinajstić information content (AvgIpc) is 3.84. The largest absolute Gasteiger partial charge is 0.493 e. The summed E-state index contributed by atoms with van der Waals surface area (Å²) in [5.41, 5.74) is 11.6. The molecular formula is C48H63N5O9Si2. The molecule has 4 aliphatic heterocycles. The van der Waals surface area contributed by atoms with Crippen molar-refractivity contribution < 1.29 is 42.9 Å². The van der Waals surface area contributed by atoms with Gasteiger partial charge in [-0.05, 0) is 73.3 Å². The Labute approximate surface area is 378 Å². The maximum absolute atomic E-state index is 14.5. The Bertz CT molecular complexity index is 2350. The van der Waals surface area contributed by atoms with Crippen molar-refractivity contribution in [2.75, 3.05) is 62.5 Å². The molecule has 2 atom stereocenters. The summed E-state index contributed by atoms with van der Waals surface area (Å²) >= 11 is 0. The number of hydrogen-bond acceptors (Lipinski definition) is 10. The van der Waals surface area contributed by atoms with Crippen LogP contribution < -0.4 is 29.7 Å². The number of amides is 4. The number of ether oxygens (including phenoxy) is 5. The molecule has 4 heterocycles. The zero-order valence-electron chi connectivity index (χ0n) is 38.7. The quantitative estimate of drug-likeness (QED) is 0.0752. The summed E-state index contributed by atoms with van der Waals surface area (Å²) in [5.74, 6) is 0.260. The van der Waals surface area contributed by atoms with Gasteiger partial charge < -0.3 is 39.2 Å². The molecule has 0 radical (unpaired) electrons. The smallest absolute Gasteiger partial charge is 0.260 e. The Kier molecular flexibility index (Phi) is 13.8. The van der Waals surface area contributed by atoms with Crippen molar-refractivity contribution in [2.45, 2.75) is 96.6 Å². The fraction of sp³-hybridized carbons (Fsp3) is 0.458. The molecule has 0 fully saturated rings. The van der Waals surface area contributed by atoms with Crippen molar-refractivity contribution in [1.82, 2.24) is 9.80 Å². The van der Waals surface area contributed by atoms with Gasteiger partial charge in [-0.25, -0.2) is 0 Å². The highest BCUT2D eigenvalue weighted by molar-refractivity contribution is 6.76. The number of carbonyl (C=O) groups excluding carboxylic acids is 4. The van der Waals surface area contributed by atoms with E-state index < -0.39 is 28.2 Å². The van der Waals surface area contributed by atoms with Gasteiger partial charge in [0.25, 0.3) is 23.6 Å². The van der Waals surface area contributed by atoms with E-state index in [-0.39, 0.29) is 50.3 Å². The average molecular weight is 910 g/mol. The Morgan fingerprint density at radius 2 is 1.16 bits per heavy atom. The van der Waals surface area contributed by atoms with Crippen LogP contribution >= 0.6 is 0 Å². The maximum Gasteiger partial charge on any atom is 0.260 e. The molecule has 4 amide bonds. The SMILES string of the molecule is COc1cc2c(cc1OCCCOc1cc3c(cc1C)C(=O)N1C=C(c4ccc(N)cc4)C[C@H]1C(=O)N3COCC[Si](C)(C)C)N(COCC[Si](C)(C)C)C(=O)[C@@H]1CC(C)=CN1C2=O. The van der Waals surface area contributed by atoms with Crippen molar-refractivity contribution in [1.29, 1.82) is 0 Å². The molecule has 64 heavy (non-hydrogen) atoms. The number of benzene rings is 3. The first-order valence-corrected chi connectivity index (χ1v) is 29.5. The minimum Gasteiger partial charge on any atom is -0.493 e. The predicted octanol–water partition coefficient (Wildman–Crippen LogP) is 8.13. The molecule has 3 aromatic carbocycles. The Hall–Kier alpha value is -5.43. The van der Waals surface area contributed by atoms with Crippen LogP contribution in [0.2, 0.25) is 51.4 Å². The second-order valence-corrected chi connectivity index (χ2v) is 30.8. The molecule has 0 bridgehead atoms. The van der Waals surface area contributed by atoms with Crippen LogP contribution in [0.5, 0.6) is 17.2 Å². The van der Waals surface area contributed by atoms with Crippen molar-refractivity contribution in [3.63, 3.8) is 0 Å². The third-order valence-corrected chi connectivity index (χ3v) is 15.4. The highest BCUT2D eigenvalue weighted by Crippen LogP contribution is 2.42. The van der Waals surface area contributed by atoms with E-state index in [0.717, 1.165) is 34.4 Å². The Morgan fingerprint density at radius 1 is 0.641 bits per heavy atom. The first kappa shape index (κ1) is 46.6. The normalized spacial score (nSPS) is 18.6. The van der Waals surface area contributed by atoms with Crippen LogP contribution in [0.1, 0.15) is 58.0 Å². The molecule has 0 spiro atoms. The number of nitrogens with two attached hydrogens (primary N) is 1. The van der Waals surface area contributed by atoms with Gasteiger partial charge >= 0.3 is 0 Å². The van der Waals surface area contributed by atoms with Gasteiger partial charge in [0, 0.05) is 72.4 Å². The zero-order valence-corrected chi connectivity index (χ0v) is 40.7. The molecule has 0 saturated carbocycles. The summed E-state index contributed by atoms with van der Waals surface area (Å²) in [6, 6.07) is 14.8. The van der Waals surface area contributed by atoms with Gasteiger partial charge in [0.2, 0.25) is 0 Å². The van der Waals surface area contributed by atoms with Gasteiger partial charge in [-0.1, -0.05) is 57.0 Å². The van der Waals surface area contributed by atoms with Crippen molar-refractivity contribution >= 4 is 62.4 Å². The van der Waals surface area contributed by atoms with E-state index in [4.69, 9.17) is 29.4 Å². The minimum atomic E-state index is -1.41. The van der Waals surface area contributed by atoms with E-state index in [2.05, 4.69) is 39.3 Å². The fourth-order valence-electron chi connectivity index (χ4n) is 8.18. The summed E-state index contributed by atoms with van der Waals surface area (Å²) in [6.45, 7) is 18.9. The Morgan fingerprint density at radius 3 is 1.72 bits per heavy atom. The molecule has 7 rings (SSSR count). The van der Waals surface area contributed by atoms with E-state index in [9.17, 15) is 19.2 Å². The van der Waals surface area contributed by atoms with Crippen LogP contribution in [-0.4, -0.2) is 109 Å². The molecule has 0 aromatic heterocycles. The number of rotatable bonds is 18. The molecule has 342 valence electrons. The highest BCUT2D eigenvalue weighted by atomic mass is 28.3. The lowest BCUT2D eigenvalue weighted by Crippen LogP contribution is -2.45. The number of nitrogen functional groups attached to an aromatic ring is 1. The third kappa shape index (κ3) is 10.2. The number of fused-ring (bicyclic) bond motifs is 4. The van der Waals surface area contributed by atoms with Crippen molar-refractivity contribution in [3.05, 3.63) is 88.8 Å². The lowest BCUT2D eigenvalue weighted by Gasteiger charge is -2.27. The lowest BCUT2D eigenvalue weighted by atomic mass is 10.0. The minimum absolute atomic E-state index is 0.00165. The second kappa shape index (κ2) is 19.0. The number of anilines is 3. The predicted molar refractivity (Wildman–Crippen MR) is 254 cm³/mol. The number of hydrogen-bond donors (Lipinski definition) is 1. The van der Waals surface area contributed by atoms with E-state index in [0.29, 0.717) is 77.9 Å². The van der Waals surface area contributed by atoms with Crippen LogP contribution in [0.4, 0.5) is 17.1 Å². The third-order valence-electron chi connectivity index (χ3n) is 12.0. The maximum atomic E-state index is 14.5. The molecule has 0 unspecified atom stereocenters. The zero-order chi connectivity index (χ0) is 46.1. The number of nitrogens with zero attached hydrogens (tertiary/aromatic N) is 4. The molecule has 3 aromatic rings. The molecule has 4 aliphatic rings. The molecule has 14 nitrogen and oxygen atoms in total. The van der Waals surface area contributed by atoms with E-state index in [1.54, 1.807) is 51.4 Å². The summed E-state index contributed by atoms with van der Waals surface area (Å²) in [4.78, 5) is 63.0. The lowest BCUT2D eigenvalue weighted by molar-refractivity contribution is -0.123. The number of methoxy groups -OCH3 is 1. The van der Waals surface area contributed by atoms with Crippen LogP contribution in [0, 0.1) is 6.92 Å². The van der Waals surface area contributed by atoms with E-state index in [1.807, 2.05) is 38.1 Å². The fourth-order valence-corrected chi connectivity index (χ4v) is 9.69. The van der Waals surface area contributed by atoms with Crippen molar-refractivity contribution in [3.8, 4) is 17.2 Å². The highest BCUT2D eigenvalue weighted by Gasteiger charge is 2.44. The van der Waals surface area contributed by atoms with Crippen LogP contribution in [-0.2, 0) is 19.1 Å². The standard InChI is InChI=1S/C48H63N5O9Si2/c1-31-21-40-47(56)53(30-60-18-20-64(7,8)9)39-26-44(43(58-3)24-37(39)46(55)50(40)27-31)62-16-10-15-61-42-25-38-36(22-32(42)2)45(54)51-28-34(33-11-13-35(49)14-12-33)23-41(51)48(57)52(38)29-59-17-19-63(4,5)6/h11-14,22,24-28,40-41H,10,15-21,23,29-30,49H2,1-9H3/t40-,41-/m0/s1. The number of carbonyl (C=O) groups is 4. The topological polar surface area (TPSA) is 153 Å². The van der Waals surface area contributed by atoms with Crippen molar-refractivity contribution in [2.24, 2.45) is 0 Å². The first-order chi connectivity index (χ1) is 30.3. The van der Waals surface area contributed by atoms with Gasteiger partial charge in [-0.2, -0.15) is 0 Å². The molecule has 0 saturated heterocycles. The van der Waals surface area contributed by atoms with Gasteiger partial charge in [0.1, 0.15) is 31.3 Å². The first-order valence-electron chi connectivity index (χ1n) is 22.1. The van der Waals surface area contributed by atoms with Gasteiger partial charge in [0.15, 0.2) is 11.5 Å². The Balaban J connectivity index is 1.08. The summed E-state index contributed by atoms with van der Waals surface area (Å²) in [5, 5.41) is 0. The van der Waals surface area contributed by atoms with Gasteiger partial charge in [-0.3, -0.25) is 29.0 Å². The van der Waals surface area contributed by atoms with Gasteiger partial charge in [0.05, 0.1) is 42.8 Å². The van der Waals surface area contributed by atoms with E-state index >= 15 is 0 Å². The van der Waals surface area contributed by atoms with Crippen LogP contribution in [0.15, 0.2) is 66.5 Å². The summed E-state index contributed by atoms with van der Waals surface area (Å²) in [7, 11) is -1.28. The second-order valence-electron chi connectivity index (χ2n) is 19.6. The molecule has 2 N–H and O–H groups in total. The molecular weight excluding hydrogens is 847 g/mol. The number of aryl methyl sites for hydroxylation is 1. The van der Waals surface area contributed by atoms with Crippen LogP contribution in [0.25, 0.3) is 5.57 Å².